The number of rotatable bonds is 1. The van der Waals surface area contributed by atoms with Crippen LogP contribution in [0.25, 0.3) is 0 Å². The smallest absolute Gasteiger partial charge is 0.0235 e. The Balaban J connectivity index is 1.86. The number of hydrogen-bond donors (Lipinski definition) is 0. The minimum atomic E-state index is 0.973. The Kier molecular flexibility index (Phi) is 0.810. The van der Waals surface area contributed by atoms with E-state index in [9.17, 15) is 0 Å². The Bertz CT molecular complexity index is 173. The SMILES string of the molecule is CCC1CC2CCC23CC13. The first-order chi connectivity index (χ1) is 4.87. The molecule has 0 aliphatic heterocycles. The van der Waals surface area contributed by atoms with Gasteiger partial charge in [0.1, 0.15) is 0 Å². The first-order valence-corrected chi connectivity index (χ1v) is 4.87. The van der Waals surface area contributed by atoms with E-state index in [1.165, 1.54) is 18.3 Å². The maximum absolute atomic E-state index is 2.38. The van der Waals surface area contributed by atoms with E-state index in [-0.39, 0.29) is 0 Å². The first kappa shape index (κ1) is 5.62. The lowest BCUT2D eigenvalue weighted by molar-refractivity contribution is 0.163. The summed E-state index contributed by atoms with van der Waals surface area (Å²) in [5.74, 6) is 3.55. The Morgan fingerprint density at radius 3 is 2.70 bits per heavy atom. The van der Waals surface area contributed by atoms with E-state index in [0.29, 0.717) is 0 Å². The van der Waals surface area contributed by atoms with Crippen LogP contribution >= 0.6 is 0 Å². The summed E-state index contributed by atoms with van der Waals surface area (Å²) >= 11 is 0. The lowest BCUT2D eigenvalue weighted by Gasteiger charge is -2.34. The van der Waals surface area contributed by atoms with E-state index in [2.05, 4.69) is 6.92 Å². The van der Waals surface area contributed by atoms with Gasteiger partial charge in [0, 0.05) is 0 Å². The molecular formula is C10H16. The van der Waals surface area contributed by atoms with E-state index in [1.54, 1.807) is 25.7 Å². The van der Waals surface area contributed by atoms with Crippen molar-refractivity contribution in [1.82, 2.24) is 0 Å². The third-order valence-corrected chi connectivity index (χ3v) is 4.63. The molecule has 0 aromatic rings. The van der Waals surface area contributed by atoms with E-state index < -0.39 is 0 Å². The minimum absolute atomic E-state index is 0.973. The predicted molar refractivity (Wildman–Crippen MR) is 41.7 cm³/mol. The lowest BCUT2D eigenvalue weighted by Crippen LogP contribution is -2.24. The highest BCUT2D eigenvalue weighted by Gasteiger charge is 2.69. The fourth-order valence-corrected chi connectivity index (χ4v) is 3.80. The zero-order chi connectivity index (χ0) is 6.77. The van der Waals surface area contributed by atoms with Crippen LogP contribution in [-0.2, 0) is 0 Å². The molecule has 1 spiro atoms. The first-order valence-electron chi connectivity index (χ1n) is 4.87. The Hall–Kier alpha value is 0. The van der Waals surface area contributed by atoms with Gasteiger partial charge in [0.25, 0.3) is 0 Å². The quantitative estimate of drug-likeness (QED) is 0.520. The van der Waals surface area contributed by atoms with Crippen LogP contribution in [0, 0.1) is 23.2 Å². The zero-order valence-corrected chi connectivity index (χ0v) is 6.77. The zero-order valence-electron chi connectivity index (χ0n) is 6.77. The summed E-state index contributed by atoms with van der Waals surface area (Å²) < 4.78 is 0. The van der Waals surface area contributed by atoms with Crippen molar-refractivity contribution in [2.45, 2.75) is 39.0 Å². The average molecular weight is 136 g/mol. The van der Waals surface area contributed by atoms with Crippen molar-refractivity contribution in [1.29, 1.82) is 0 Å². The monoisotopic (exact) mass is 136 g/mol. The van der Waals surface area contributed by atoms with Crippen LogP contribution in [0.3, 0.4) is 0 Å². The molecule has 3 rings (SSSR count). The van der Waals surface area contributed by atoms with Crippen LogP contribution in [0.15, 0.2) is 0 Å². The van der Waals surface area contributed by atoms with Gasteiger partial charge in [-0.3, -0.25) is 0 Å². The van der Waals surface area contributed by atoms with Gasteiger partial charge in [-0.1, -0.05) is 13.3 Å². The van der Waals surface area contributed by atoms with Gasteiger partial charge in [0.05, 0.1) is 0 Å². The molecule has 3 aliphatic rings. The molecule has 0 saturated heterocycles. The Morgan fingerprint density at radius 2 is 2.40 bits per heavy atom. The van der Waals surface area contributed by atoms with Crippen molar-refractivity contribution in [2.24, 2.45) is 23.2 Å². The number of hydrogen-bond acceptors (Lipinski definition) is 0. The maximum atomic E-state index is 2.38. The molecule has 10 heavy (non-hydrogen) atoms. The second kappa shape index (κ2) is 1.44. The van der Waals surface area contributed by atoms with Crippen molar-refractivity contribution in [2.75, 3.05) is 0 Å². The van der Waals surface area contributed by atoms with Crippen LogP contribution in [0.1, 0.15) is 39.0 Å². The van der Waals surface area contributed by atoms with Crippen LogP contribution in [-0.4, -0.2) is 0 Å². The molecule has 0 amide bonds. The Labute approximate surface area is 63.0 Å². The van der Waals surface area contributed by atoms with Crippen molar-refractivity contribution < 1.29 is 0 Å². The molecule has 3 fully saturated rings. The molecule has 0 bridgehead atoms. The third kappa shape index (κ3) is 0.408. The molecule has 0 nitrogen and oxygen atoms in total. The summed E-state index contributed by atoms with van der Waals surface area (Å²) in [6.45, 7) is 2.38. The van der Waals surface area contributed by atoms with Crippen LogP contribution < -0.4 is 0 Å². The van der Waals surface area contributed by atoms with Crippen LogP contribution in [0.5, 0.6) is 0 Å². The predicted octanol–water partition coefficient (Wildman–Crippen LogP) is 2.83. The molecule has 0 aromatic carbocycles. The molecule has 4 atom stereocenters. The van der Waals surface area contributed by atoms with Crippen molar-refractivity contribution >= 4 is 0 Å². The molecule has 0 radical (unpaired) electrons. The van der Waals surface area contributed by atoms with Gasteiger partial charge in [-0.15, -0.1) is 0 Å². The van der Waals surface area contributed by atoms with Gasteiger partial charge in [0.15, 0.2) is 0 Å². The Morgan fingerprint density at radius 1 is 1.50 bits per heavy atom. The minimum Gasteiger partial charge on any atom is -0.0651 e. The molecule has 0 N–H and O–H groups in total. The normalized spacial score (nSPS) is 62.7. The van der Waals surface area contributed by atoms with Crippen LogP contribution in [0.2, 0.25) is 0 Å². The summed E-state index contributed by atoms with van der Waals surface area (Å²) in [5, 5.41) is 0. The van der Waals surface area contributed by atoms with E-state index in [1.807, 2.05) is 0 Å². The highest BCUT2D eigenvalue weighted by Crippen LogP contribution is 2.78. The molecule has 3 saturated carbocycles. The summed E-state index contributed by atoms with van der Waals surface area (Å²) in [7, 11) is 0. The largest absolute Gasteiger partial charge is 0.0651 e. The molecular weight excluding hydrogens is 120 g/mol. The fourth-order valence-electron chi connectivity index (χ4n) is 3.80. The maximum Gasteiger partial charge on any atom is -0.0235 e. The molecule has 0 heterocycles. The van der Waals surface area contributed by atoms with Crippen molar-refractivity contribution in [3.63, 3.8) is 0 Å². The summed E-state index contributed by atoms with van der Waals surface area (Å²) in [5.41, 5.74) is 0.973. The molecule has 0 heteroatoms. The van der Waals surface area contributed by atoms with Crippen molar-refractivity contribution in [3.8, 4) is 0 Å². The van der Waals surface area contributed by atoms with Gasteiger partial charge < -0.3 is 0 Å². The van der Waals surface area contributed by atoms with Gasteiger partial charge in [0.2, 0.25) is 0 Å². The van der Waals surface area contributed by atoms with E-state index >= 15 is 0 Å². The second-order valence-corrected chi connectivity index (χ2v) is 4.68. The van der Waals surface area contributed by atoms with E-state index in [0.717, 1.165) is 11.3 Å². The third-order valence-electron chi connectivity index (χ3n) is 4.63. The van der Waals surface area contributed by atoms with Gasteiger partial charge in [-0.25, -0.2) is 0 Å². The average Bonchev–Trinajstić information content (AvgIpc) is 2.60. The molecule has 56 valence electrons. The summed E-state index contributed by atoms with van der Waals surface area (Å²) in [4.78, 5) is 0. The fraction of sp³-hybridized carbons (Fsp3) is 1.00. The molecule has 4 unspecified atom stereocenters. The summed E-state index contributed by atoms with van der Waals surface area (Å²) in [6, 6.07) is 0. The molecule has 3 aliphatic carbocycles. The van der Waals surface area contributed by atoms with Gasteiger partial charge >= 0.3 is 0 Å². The second-order valence-electron chi connectivity index (χ2n) is 4.68. The highest BCUT2D eigenvalue weighted by atomic mass is 14.7. The van der Waals surface area contributed by atoms with E-state index in [4.69, 9.17) is 0 Å². The van der Waals surface area contributed by atoms with Gasteiger partial charge in [-0.05, 0) is 48.9 Å². The standard InChI is InChI=1S/C10H16/c1-2-7-5-8-3-4-10(8)6-9(7)10/h7-9H,2-6H2,1H3. The summed E-state index contributed by atoms with van der Waals surface area (Å²) in [6.07, 6.45) is 7.85. The van der Waals surface area contributed by atoms with Crippen LogP contribution in [0.4, 0.5) is 0 Å². The van der Waals surface area contributed by atoms with Crippen molar-refractivity contribution in [3.05, 3.63) is 0 Å². The highest BCUT2D eigenvalue weighted by molar-refractivity contribution is 5.18. The topological polar surface area (TPSA) is 0 Å². The van der Waals surface area contributed by atoms with Gasteiger partial charge in [-0.2, -0.15) is 0 Å². The lowest BCUT2D eigenvalue weighted by atomic mass is 9.71. The molecule has 0 aromatic heterocycles.